The summed E-state index contributed by atoms with van der Waals surface area (Å²) in [7, 11) is 0. The van der Waals surface area contributed by atoms with Crippen LogP contribution in [0.1, 0.15) is 69.3 Å². The maximum atomic E-state index is 12.4. The molecule has 5 nitrogen and oxygen atoms in total. The SMILES string of the molecule is O=C(CN1CCC2(CC1)CC(N[C@@H]1C[C@H]1c1ccccc1)CO2)NCC1CCCCC1. The van der Waals surface area contributed by atoms with E-state index in [0.717, 1.165) is 45.5 Å². The third-order valence-electron chi connectivity index (χ3n) is 8.12. The predicted octanol–water partition coefficient (Wildman–Crippen LogP) is 3.45. The number of ether oxygens (including phenoxy) is 1. The van der Waals surface area contributed by atoms with E-state index in [-0.39, 0.29) is 11.5 Å². The molecule has 1 spiro atoms. The highest BCUT2D eigenvalue weighted by atomic mass is 16.5. The Balaban J connectivity index is 1.01. The standard InChI is InChI=1S/C26H39N3O2/c30-25(27-17-20-7-3-1-4-8-20)18-29-13-11-26(12-14-29)16-22(19-31-26)28-24-15-23(24)21-9-5-2-6-10-21/h2,5-6,9-10,20,22-24,28H,1,3-4,7-8,11-19H2,(H,27,30)/t22?,23-,24+/m0/s1. The van der Waals surface area contributed by atoms with E-state index in [1.165, 1.54) is 44.1 Å². The van der Waals surface area contributed by atoms with Gasteiger partial charge < -0.3 is 15.4 Å². The number of hydrogen-bond acceptors (Lipinski definition) is 4. The summed E-state index contributed by atoms with van der Waals surface area (Å²) in [6.07, 6.45) is 11.1. The zero-order chi connectivity index (χ0) is 21.1. The Morgan fingerprint density at radius 2 is 1.87 bits per heavy atom. The maximum Gasteiger partial charge on any atom is 0.234 e. The van der Waals surface area contributed by atoms with Gasteiger partial charge in [-0.1, -0.05) is 49.6 Å². The first-order valence-electron chi connectivity index (χ1n) is 12.6. The molecule has 1 aromatic rings. The van der Waals surface area contributed by atoms with Crippen LogP contribution in [0.5, 0.6) is 0 Å². The molecule has 5 rings (SSSR count). The first kappa shape index (κ1) is 21.4. The largest absolute Gasteiger partial charge is 0.373 e. The van der Waals surface area contributed by atoms with Crippen molar-refractivity contribution in [1.29, 1.82) is 0 Å². The molecule has 170 valence electrons. The monoisotopic (exact) mass is 425 g/mol. The molecule has 1 unspecified atom stereocenters. The normalized spacial score (nSPS) is 31.0. The van der Waals surface area contributed by atoms with Crippen molar-refractivity contribution >= 4 is 5.91 Å². The summed E-state index contributed by atoms with van der Waals surface area (Å²) in [5, 5.41) is 7.05. The van der Waals surface area contributed by atoms with Crippen LogP contribution in [-0.2, 0) is 9.53 Å². The molecule has 2 N–H and O–H groups in total. The van der Waals surface area contributed by atoms with Crippen LogP contribution in [0.15, 0.2) is 30.3 Å². The highest BCUT2D eigenvalue weighted by Gasteiger charge is 2.46. The summed E-state index contributed by atoms with van der Waals surface area (Å²) < 4.78 is 6.35. The highest BCUT2D eigenvalue weighted by molar-refractivity contribution is 5.78. The fourth-order valence-electron chi connectivity index (χ4n) is 6.08. The average Bonchev–Trinajstić information content (AvgIpc) is 3.47. The number of carbonyl (C=O) groups excluding carboxylic acids is 1. The molecular formula is C26H39N3O2. The predicted molar refractivity (Wildman–Crippen MR) is 123 cm³/mol. The zero-order valence-corrected chi connectivity index (χ0v) is 18.9. The fourth-order valence-corrected chi connectivity index (χ4v) is 6.08. The molecular weight excluding hydrogens is 386 g/mol. The van der Waals surface area contributed by atoms with Gasteiger partial charge in [0, 0.05) is 37.6 Å². The molecule has 0 aromatic heterocycles. The number of nitrogens with one attached hydrogen (secondary N) is 2. The van der Waals surface area contributed by atoms with Crippen molar-refractivity contribution in [2.45, 2.75) is 81.4 Å². The second-order valence-electron chi connectivity index (χ2n) is 10.5. The van der Waals surface area contributed by atoms with E-state index in [0.29, 0.717) is 30.5 Å². The van der Waals surface area contributed by atoms with E-state index in [1.807, 2.05) is 0 Å². The van der Waals surface area contributed by atoms with Crippen molar-refractivity contribution in [1.82, 2.24) is 15.5 Å². The van der Waals surface area contributed by atoms with Gasteiger partial charge in [-0.25, -0.2) is 0 Å². The second-order valence-corrected chi connectivity index (χ2v) is 10.5. The topological polar surface area (TPSA) is 53.6 Å². The highest BCUT2D eigenvalue weighted by Crippen LogP contribution is 2.43. The van der Waals surface area contributed by atoms with Crippen LogP contribution in [-0.4, -0.2) is 61.3 Å². The van der Waals surface area contributed by atoms with Crippen molar-refractivity contribution in [2.24, 2.45) is 5.92 Å². The van der Waals surface area contributed by atoms with E-state index in [4.69, 9.17) is 4.74 Å². The molecule has 5 heteroatoms. The summed E-state index contributed by atoms with van der Waals surface area (Å²) in [5.74, 6) is 1.58. The second kappa shape index (κ2) is 9.60. The van der Waals surface area contributed by atoms with E-state index >= 15 is 0 Å². The molecule has 4 fully saturated rings. The Morgan fingerprint density at radius 1 is 1.10 bits per heavy atom. The van der Waals surface area contributed by atoms with Crippen LogP contribution in [0, 0.1) is 5.92 Å². The molecule has 0 radical (unpaired) electrons. The van der Waals surface area contributed by atoms with E-state index < -0.39 is 0 Å². The van der Waals surface area contributed by atoms with Crippen LogP contribution in [0.25, 0.3) is 0 Å². The lowest BCUT2D eigenvalue weighted by molar-refractivity contribution is -0.124. The quantitative estimate of drug-likeness (QED) is 0.703. The van der Waals surface area contributed by atoms with Crippen LogP contribution in [0.2, 0.25) is 0 Å². The Kier molecular flexibility index (Phi) is 6.63. The third-order valence-corrected chi connectivity index (χ3v) is 8.12. The van der Waals surface area contributed by atoms with Crippen molar-refractivity contribution in [3.05, 3.63) is 35.9 Å². The first-order chi connectivity index (χ1) is 15.2. The van der Waals surface area contributed by atoms with Crippen molar-refractivity contribution < 1.29 is 9.53 Å². The third kappa shape index (κ3) is 5.50. The van der Waals surface area contributed by atoms with Crippen LogP contribution >= 0.6 is 0 Å². The van der Waals surface area contributed by atoms with Gasteiger partial charge in [-0.05, 0) is 50.0 Å². The summed E-state index contributed by atoms with van der Waals surface area (Å²) in [6.45, 7) is 4.20. The molecule has 2 aliphatic heterocycles. The molecule has 2 aliphatic carbocycles. The molecule has 31 heavy (non-hydrogen) atoms. The van der Waals surface area contributed by atoms with Crippen LogP contribution < -0.4 is 10.6 Å². The van der Waals surface area contributed by atoms with Crippen LogP contribution in [0.3, 0.4) is 0 Å². The summed E-state index contributed by atoms with van der Waals surface area (Å²) >= 11 is 0. The molecule has 4 aliphatic rings. The van der Waals surface area contributed by atoms with Crippen LogP contribution in [0.4, 0.5) is 0 Å². The van der Waals surface area contributed by atoms with Gasteiger partial charge in [0.1, 0.15) is 0 Å². The lowest BCUT2D eigenvalue weighted by Crippen LogP contribution is -2.48. The lowest BCUT2D eigenvalue weighted by Gasteiger charge is -2.38. The Labute approximate surface area is 187 Å². The van der Waals surface area contributed by atoms with E-state index in [9.17, 15) is 4.79 Å². The number of hydrogen-bond donors (Lipinski definition) is 2. The van der Waals surface area contributed by atoms with Crippen molar-refractivity contribution in [3.63, 3.8) is 0 Å². The minimum atomic E-state index is 0.0316. The number of piperidine rings is 1. The summed E-state index contributed by atoms with van der Waals surface area (Å²) in [4.78, 5) is 14.7. The molecule has 3 atom stereocenters. The van der Waals surface area contributed by atoms with Gasteiger partial charge in [-0.3, -0.25) is 9.69 Å². The van der Waals surface area contributed by atoms with Gasteiger partial charge in [0.25, 0.3) is 0 Å². The minimum absolute atomic E-state index is 0.0316. The van der Waals surface area contributed by atoms with E-state index in [1.54, 1.807) is 0 Å². The fraction of sp³-hybridized carbons (Fsp3) is 0.731. The van der Waals surface area contributed by atoms with Gasteiger partial charge in [0.2, 0.25) is 5.91 Å². The van der Waals surface area contributed by atoms with Crippen molar-refractivity contribution in [3.8, 4) is 0 Å². The molecule has 2 saturated carbocycles. The molecule has 2 saturated heterocycles. The average molecular weight is 426 g/mol. The number of carbonyl (C=O) groups is 1. The van der Waals surface area contributed by atoms with Crippen molar-refractivity contribution in [2.75, 3.05) is 32.8 Å². The Morgan fingerprint density at radius 3 is 2.65 bits per heavy atom. The summed E-state index contributed by atoms with van der Waals surface area (Å²) in [5.41, 5.74) is 1.49. The van der Waals surface area contributed by atoms with E-state index in [2.05, 4.69) is 45.9 Å². The van der Waals surface area contributed by atoms with Gasteiger partial charge in [0.05, 0.1) is 18.8 Å². The minimum Gasteiger partial charge on any atom is -0.373 e. The Bertz CT molecular complexity index is 725. The number of rotatable bonds is 7. The van der Waals surface area contributed by atoms with Gasteiger partial charge in [-0.2, -0.15) is 0 Å². The number of amides is 1. The zero-order valence-electron chi connectivity index (χ0n) is 18.9. The molecule has 1 amide bonds. The summed E-state index contributed by atoms with van der Waals surface area (Å²) in [6, 6.07) is 12.0. The Hall–Kier alpha value is -1.43. The lowest BCUT2D eigenvalue weighted by atomic mass is 9.87. The van der Waals surface area contributed by atoms with Gasteiger partial charge >= 0.3 is 0 Å². The van der Waals surface area contributed by atoms with Gasteiger partial charge in [0.15, 0.2) is 0 Å². The molecule has 0 bridgehead atoms. The smallest absolute Gasteiger partial charge is 0.234 e. The van der Waals surface area contributed by atoms with Gasteiger partial charge in [-0.15, -0.1) is 0 Å². The number of likely N-dealkylation sites (tertiary alicyclic amines) is 1. The number of nitrogens with zero attached hydrogens (tertiary/aromatic N) is 1. The number of benzene rings is 1. The molecule has 1 aromatic carbocycles. The maximum absolute atomic E-state index is 12.4. The molecule has 2 heterocycles. The first-order valence-corrected chi connectivity index (χ1v) is 12.6.